The maximum atomic E-state index is 12.5. The van der Waals surface area contributed by atoms with Crippen LogP contribution in [0.3, 0.4) is 0 Å². The zero-order chi connectivity index (χ0) is 19.9. The van der Waals surface area contributed by atoms with Gasteiger partial charge in [0.1, 0.15) is 0 Å². The number of alkyl halides is 1. The number of thioether (sulfide) groups is 1. The number of methoxy groups -OCH3 is 1. The van der Waals surface area contributed by atoms with Gasteiger partial charge in [0.15, 0.2) is 11.5 Å². The molecule has 6 nitrogen and oxygen atoms in total. The van der Waals surface area contributed by atoms with Gasteiger partial charge in [-0.05, 0) is 63.5 Å². The maximum Gasteiger partial charge on any atom is 0.302 e. The van der Waals surface area contributed by atoms with Crippen molar-refractivity contribution in [3.63, 3.8) is 0 Å². The monoisotopic (exact) mass is 409 g/mol. The van der Waals surface area contributed by atoms with Crippen molar-refractivity contribution in [3.8, 4) is 11.5 Å². The number of halogens is 1. The molecule has 2 aliphatic heterocycles. The molecule has 0 saturated carbocycles. The minimum atomic E-state index is -0.913. The average Bonchev–Trinajstić information content (AvgIpc) is 3.23. The van der Waals surface area contributed by atoms with Crippen LogP contribution in [0.1, 0.15) is 38.2 Å². The van der Waals surface area contributed by atoms with E-state index in [-0.39, 0.29) is 10.5 Å². The quantitative estimate of drug-likeness (QED) is 0.614. The van der Waals surface area contributed by atoms with Crippen LogP contribution in [0.5, 0.6) is 11.5 Å². The lowest BCUT2D eigenvalue weighted by molar-refractivity contribution is 0.184. The van der Waals surface area contributed by atoms with Gasteiger partial charge in [-0.2, -0.15) is 5.10 Å². The highest BCUT2D eigenvalue weighted by atomic mass is 32.2. The van der Waals surface area contributed by atoms with Crippen LogP contribution in [0.2, 0.25) is 0 Å². The van der Waals surface area contributed by atoms with E-state index in [1.165, 1.54) is 31.7 Å². The van der Waals surface area contributed by atoms with Crippen LogP contribution in [0, 0.1) is 0 Å². The van der Waals surface area contributed by atoms with Gasteiger partial charge < -0.3 is 14.4 Å². The first-order valence-electron chi connectivity index (χ1n) is 9.82. The summed E-state index contributed by atoms with van der Waals surface area (Å²) in [6, 6.07) is 5.32. The molecule has 28 heavy (non-hydrogen) atoms. The highest BCUT2D eigenvalue weighted by Crippen LogP contribution is 2.33. The van der Waals surface area contributed by atoms with E-state index >= 15 is 0 Å². The van der Waals surface area contributed by atoms with Crippen molar-refractivity contribution in [2.45, 2.75) is 37.9 Å². The number of nitrogens with zero attached hydrogens (tertiary/aromatic N) is 3. The third-order valence-electron chi connectivity index (χ3n) is 5.07. The summed E-state index contributed by atoms with van der Waals surface area (Å²) in [7, 11) is 1.52. The van der Waals surface area contributed by atoms with Crippen LogP contribution in [0.4, 0.5) is 9.18 Å². The Kier molecular flexibility index (Phi) is 7.56. The molecule has 2 heterocycles. The molecular formula is C20H28FN3O3S. The standard InChI is InChI=1S/C20H28FN3O3S/c1-3-18-19(15-7-8-16(27-14-21)17(13-15)26-2)22-24(20(25)28-18)12-6-11-23-9-4-5-10-23/h7-8,13,18H,3-6,9-12,14H2,1-2H3. The molecule has 1 amide bonds. The summed E-state index contributed by atoms with van der Waals surface area (Å²) in [4.78, 5) is 15.0. The smallest absolute Gasteiger partial charge is 0.302 e. The van der Waals surface area contributed by atoms with Crippen molar-refractivity contribution in [3.05, 3.63) is 23.8 Å². The van der Waals surface area contributed by atoms with E-state index in [4.69, 9.17) is 14.6 Å². The minimum absolute atomic E-state index is 0.00127. The fourth-order valence-corrected chi connectivity index (χ4v) is 4.55. The zero-order valence-corrected chi connectivity index (χ0v) is 17.3. The molecule has 1 unspecified atom stereocenters. The zero-order valence-electron chi connectivity index (χ0n) is 16.5. The van der Waals surface area contributed by atoms with Crippen LogP contribution < -0.4 is 9.47 Å². The van der Waals surface area contributed by atoms with Crippen molar-refractivity contribution < 1.29 is 18.7 Å². The Morgan fingerprint density at radius 2 is 2.04 bits per heavy atom. The van der Waals surface area contributed by atoms with E-state index in [0.29, 0.717) is 18.0 Å². The van der Waals surface area contributed by atoms with Crippen molar-refractivity contribution >= 4 is 22.7 Å². The molecule has 1 fully saturated rings. The van der Waals surface area contributed by atoms with Gasteiger partial charge in [0, 0.05) is 12.1 Å². The molecule has 2 aliphatic rings. The minimum Gasteiger partial charge on any atom is -0.493 e. The number of hydrogen-bond donors (Lipinski definition) is 0. The first-order valence-corrected chi connectivity index (χ1v) is 10.7. The SMILES string of the molecule is CCC1SC(=O)N(CCCN2CCCC2)N=C1c1ccc(OCF)c(OC)c1. The van der Waals surface area contributed by atoms with Crippen molar-refractivity contribution in [1.82, 2.24) is 9.91 Å². The summed E-state index contributed by atoms with van der Waals surface area (Å²) in [6.07, 6.45) is 4.24. The summed E-state index contributed by atoms with van der Waals surface area (Å²) < 4.78 is 22.8. The number of carbonyl (C=O) groups is 1. The Balaban J connectivity index is 1.76. The van der Waals surface area contributed by atoms with Crippen molar-refractivity contribution in [1.29, 1.82) is 0 Å². The Labute approximate surface area is 170 Å². The predicted octanol–water partition coefficient (Wildman–Crippen LogP) is 4.14. The van der Waals surface area contributed by atoms with E-state index in [2.05, 4.69) is 4.90 Å². The second-order valence-corrected chi connectivity index (χ2v) is 8.06. The second kappa shape index (κ2) is 10.1. The van der Waals surface area contributed by atoms with Crippen LogP contribution in [-0.2, 0) is 0 Å². The first kappa shape index (κ1) is 20.9. The van der Waals surface area contributed by atoms with E-state index < -0.39 is 6.86 Å². The number of hydrogen-bond acceptors (Lipinski definition) is 6. The van der Waals surface area contributed by atoms with E-state index in [1.54, 1.807) is 17.1 Å². The van der Waals surface area contributed by atoms with Gasteiger partial charge in [-0.3, -0.25) is 4.79 Å². The number of hydrazone groups is 1. The number of benzene rings is 1. The lowest BCUT2D eigenvalue weighted by atomic mass is 10.0. The molecule has 0 N–H and O–H groups in total. The van der Waals surface area contributed by atoms with Crippen LogP contribution >= 0.6 is 11.8 Å². The summed E-state index contributed by atoms with van der Waals surface area (Å²) in [5.41, 5.74) is 1.71. The van der Waals surface area contributed by atoms with Gasteiger partial charge in [-0.25, -0.2) is 9.40 Å². The number of ether oxygens (including phenoxy) is 2. The van der Waals surface area contributed by atoms with E-state index in [0.717, 1.165) is 43.8 Å². The number of carbonyl (C=O) groups excluding carboxylic acids is 1. The molecule has 1 aromatic carbocycles. The van der Waals surface area contributed by atoms with Crippen LogP contribution in [-0.4, -0.2) is 66.3 Å². The molecule has 0 bridgehead atoms. The molecule has 154 valence electrons. The number of amides is 1. The highest BCUT2D eigenvalue weighted by molar-refractivity contribution is 8.14. The number of rotatable bonds is 9. The van der Waals surface area contributed by atoms with Crippen molar-refractivity contribution in [2.24, 2.45) is 5.10 Å². The summed E-state index contributed by atoms with van der Waals surface area (Å²) in [6.45, 7) is 5.05. The molecule has 1 atom stereocenters. The molecule has 1 aromatic rings. The Hall–Kier alpha value is -1.80. The topological polar surface area (TPSA) is 54.4 Å². The van der Waals surface area contributed by atoms with Gasteiger partial charge >= 0.3 is 5.24 Å². The third-order valence-corrected chi connectivity index (χ3v) is 6.32. The Morgan fingerprint density at radius 3 is 2.71 bits per heavy atom. The fraction of sp³-hybridized carbons (Fsp3) is 0.600. The van der Waals surface area contributed by atoms with Crippen LogP contribution in [0.25, 0.3) is 0 Å². The van der Waals surface area contributed by atoms with Crippen molar-refractivity contribution in [2.75, 3.05) is 40.1 Å². The van der Waals surface area contributed by atoms with Gasteiger partial charge in [0.05, 0.1) is 18.1 Å². The molecule has 0 radical (unpaired) electrons. The molecule has 1 saturated heterocycles. The van der Waals surface area contributed by atoms with Gasteiger partial charge in [-0.15, -0.1) is 0 Å². The second-order valence-electron chi connectivity index (χ2n) is 6.91. The van der Waals surface area contributed by atoms with Gasteiger partial charge in [0.25, 0.3) is 0 Å². The first-order chi connectivity index (χ1) is 13.7. The molecule has 0 aromatic heterocycles. The molecule has 0 aliphatic carbocycles. The predicted molar refractivity (Wildman–Crippen MR) is 110 cm³/mol. The highest BCUT2D eigenvalue weighted by Gasteiger charge is 2.30. The summed E-state index contributed by atoms with van der Waals surface area (Å²) in [5.74, 6) is 0.805. The Morgan fingerprint density at radius 1 is 1.25 bits per heavy atom. The normalized spacial score (nSPS) is 20.4. The molecular weight excluding hydrogens is 381 g/mol. The fourth-order valence-electron chi connectivity index (χ4n) is 3.59. The molecule has 8 heteroatoms. The van der Waals surface area contributed by atoms with E-state index in [9.17, 15) is 9.18 Å². The van der Waals surface area contributed by atoms with Gasteiger partial charge in [-0.1, -0.05) is 18.7 Å². The van der Waals surface area contributed by atoms with Crippen LogP contribution in [0.15, 0.2) is 23.3 Å². The maximum absolute atomic E-state index is 12.5. The average molecular weight is 410 g/mol. The summed E-state index contributed by atoms with van der Waals surface area (Å²) in [5, 5.41) is 6.26. The number of likely N-dealkylation sites (tertiary alicyclic amines) is 1. The summed E-state index contributed by atoms with van der Waals surface area (Å²) >= 11 is 1.32. The third kappa shape index (κ3) is 4.97. The lowest BCUT2D eigenvalue weighted by Crippen LogP contribution is -2.36. The Bertz CT molecular complexity index is 710. The lowest BCUT2D eigenvalue weighted by Gasteiger charge is -2.29. The molecule has 3 rings (SSSR count). The van der Waals surface area contributed by atoms with Gasteiger partial charge in [0.2, 0.25) is 6.86 Å². The van der Waals surface area contributed by atoms with E-state index in [1.807, 2.05) is 13.0 Å². The largest absolute Gasteiger partial charge is 0.493 e. The molecule has 0 spiro atoms.